The number of piperazine rings is 1. The summed E-state index contributed by atoms with van der Waals surface area (Å²) >= 11 is 0. The van der Waals surface area contributed by atoms with Gasteiger partial charge in [-0.05, 0) is 6.42 Å². The molecule has 3 heteroatoms. The van der Waals surface area contributed by atoms with Crippen molar-refractivity contribution in [2.45, 2.75) is 32.4 Å². The first-order valence-corrected chi connectivity index (χ1v) is 4.71. The van der Waals surface area contributed by atoms with Crippen molar-refractivity contribution in [3.63, 3.8) is 0 Å². The van der Waals surface area contributed by atoms with Crippen LogP contribution >= 0.6 is 0 Å². The maximum atomic E-state index is 11.6. The molecule has 3 saturated heterocycles. The first kappa shape index (κ1) is 8.05. The third-order valence-corrected chi connectivity index (χ3v) is 2.73. The number of hydrogen-bond donors (Lipinski definition) is 1. The van der Waals surface area contributed by atoms with Gasteiger partial charge in [0.25, 0.3) is 0 Å². The van der Waals surface area contributed by atoms with Crippen LogP contribution in [0.3, 0.4) is 0 Å². The molecule has 12 heavy (non-hydrogen) atoms. The Balaban J connectivity index is 1.93. The number of carbonyl (C=O) groups is 1. The molecule has 1 amide bonds. The van der Waals surface area contributed by atoms with Crippen molar-refractivity contribution in [3.8, 4) is 0 Å². The monoisotopic (exact) mass is 168 g/mol. The van der Waals surface area contributed by atoms with Crippen LogP contribution in [0, 0.1) is 5.92 Å². The summed E-state index contributed by atoms with van der Waals surface area (Å²) in [4.78, 5) is 13.6. The van der Waals surface area contributed by atoms with Gasteiger partial charge in [0.1, 0.15) is 0 Å². The standard InChI is InChI=1S/C9H16N2O/c1-6(2)9(12)11-4-7-3-8(5-11)10-7/h6-8,10H,3-5H2,1-2H3. The molecule has 0 radical (unpaired) electrons. The molecule has 3 heterocycles. The number of rotatable bonds is 1. The molecule has 0 aromatic heterocycles. The second-order valence-electron chi connectivity index (χ2n) is 4.19. The Morgan fingerprint density at radius 3 is 2.33 bits per heavy atom. The molecular formula is C9H16N2O. The van der Waals surface area contributed by atoms with Crippen LogP contribution in [0.25, 0.3) is 0 Å². The van der Waals surface area contributed by atoms with Crippen molar-refractivity contribution in [2.24, 2.45) is 5.92 Å². The fraction of sp³-hybridized carbons (Fsp3) is 0.889. The van der Waals surface area contributed by atoms with Gasteiger partial charge >= 0.3 is 0 Å². The number of fused-ring (bicyclic) bond motifs is 2. The van der Waals surface area contributed by atoms with Gasteiger partial charge in [-0.15, -0.1) is 0 Å². The molecule has 3 fully saturated rings. The molecule has 2 bridgehead atoms. The molecule has 1 N–H and O–H groups in total. The average Bonchev–Trinajstić information content (AvgIpc) is 2.02. The van der Waals surface area contributed by atoms with Crippen LogP contribution in [0.15, 0.2) is 0 Å². The van der Waals surface area contributed by atoms with E-state index in [4.69, 9.17) is 0 Å². The van der Waals surface area contributed by atoms with E-state index in [1.165, 1.54) is 6.42 Å². The first-order chi connectivity index (χ1) is 5.66. The van der Waals surface area contributed by atoms with Gasteiger partial charge in [0.05, 0.1) is 0 Å². The Hall–Kier alpha value is -0.570. The summed E-state index contributed by atoms with van der Waals surface area (Å²) in [5.41, 5.74) is 0. The minimum absolute atomic E-state index is 0.155. The van der Waals surface area contributed by atoms with Crippen molar-refractivity contribution in [1.29, 1.82) is 0 Å². The molecule has 0 saturated carbocycles. The maximum Gasteiger partial charge on any atom is 0.225 e. The summed E-state index contributed by atoms with van der Waals surface area (Å²) in [6, 6.07) is 1.18. The van der Waals surface area contributed by atoms with Gasteiger partial charge in [0.2, 0.25) is 5.91 Å². The molecule has 3 rings (SSSR count). The Kier molecular flexibility index (Phi) is 1.83. The van der Waals surface area contributed by atoms with Crippen LogP contribution in [0.5, 0.6) is 0 Å². The highest BCUT2D eigenvalue weighted by Crippen LogP contribution is 2.21. The molecule has 0 aromatic rings. The smallest absolute Gasteiger partial charge is 0.225 e. The summed E-state index contributed by atoms with van der Waals surface area (Å²) in [5.74, 6) is 0.466. The van der Waals surface area contributed by atoms with Gasteiger partial charge < -0.3 is 10.2 Å². The highest BCUT2D eigenvalue weighted by atomic mass is 16.2. The van der Waals surface area contributed by atoms with E-state index in [1.54, 1.807) is 0 Å². The fourth-order valence-corrected chi connectivity index (χ4v) is 2.06. The number of nitrogens with one attached hydrogen (secondary N) is 1. The predicted molar refractivity (Wildman–Crippen MR) is 46.7 cm³/mol. The number of hydrogen-bond acceptors (Lipinski definition) is 2. The van der Waals surface area contributed by atoms with Crippen LogP contribution in [0.1, 0.15) is 20.3 Å². The third kappa shape index (κ3) is 1.22. The van der Waals surface area contributed by atoms with E-state index < -0.39 is 0 Å². The third-order valence-electron chi connectivity index (χ3n) is 2.73. The lowest BCUT2D eigenvalue weighted by atomic mass is 9.91. The summed E-state index contributed by atoms with van der Waals surface area (Å²) in [7, 11) is 0. The number of carbonyl (C=O) groups excluding carboxylic acids is 1. The van der Waals surface area contributed by atoms with Gasteiger partial charge in [-0.25, -0.2) is 0 Å². The summed E-state index contributed by atoms with van der Waals surface area (Å²) < 4.78 is 0. The van der Waals surface area contributed by atoms with Crippen molar-refractivity contribution in [3.05, 3.63) is 0 Å². The Labute approximate surface area is 73.1 Å². The van der Waals surface area contributed by atoms with Crippen LogP contribution in [0.2, 0.25) is 0 Å². The number of amides is 1. The molecule has 0 spiro atoms. The molecule has 3 nitrogen and oxygen atoms in total. The average molecular weight is 168 g/mol. The van der Waals surface area contributed by atoms with E-state index in [0.29, 0.717) is 18.0 Å². The van der Waals surface area contributed by atoms with Crippen molar-refractivity contribution < 1.29 is 4.79 Å². The number of nitrogens with zero attached hydrogens (tertiary/aromatic N) is 1. The maximum absolute atomic E-state index is 11.6. The van der Waals surface area contributed by atoms with Gasteiger partial charge in [-0.3, -0.25) is 4.79 Å². The van der Waals surface area contributed by atoms with Gasteiger partial charge in [0.15, 0.2) is 0 Å². The minimum Gasteiger partial charge on any atom is -0.339 e. The van der Waals surface area contributed by atoms with E-state index in [1.807, 2.05) is 18.7 Å². The van der Waals surface area contributed by atoms with Crippen molar-refractivity contribution in [2.75, 3.05) is 13.1 Å². The highest BCUT2D eigenvalue weighted by molar-refractivity contribution is 5.78. The van der Waals surface area contributed by atoms with Crippen molar-refractivity contribution in [1.82, 2.24) is 10.2 Å². The summed E-state index contributed by atoms with van der Waals surface area (Å²) in [6.07, 6.45) is 1.27. The van der Waals surface area contributed by atoms with E-state index in [-0.39, 0.29) is 5.92 Å². The normalized spacial score (nSPS) is 33.4. The van der Waals surface area contributed by atoms with Gasteiger partial charge in [-0.2, -0.15) is 0 Å². The molecule has 3 aliphatic rings. The lowest BCUT2D eigenvalue weighted by Gasteiger charge is -2.48. The molecule has 2 atom stereocenters. The Morgan fingerprint density at radius 2 is 1.92 bits per heavy atom. The molecule has 68 valence electrons. The lowest BCUT2D eigenvalue weighted by Crippen LogP contribution is -2.68. The van der Waals surface area contributed by atoms with Crippen LogP contribution < -0.4 is 5.32 Å². The number of piperidine rings is 1. The lowest BCUT2D eigenvalue weighted by molar-refractivity contribution is -0.138. The van der Waals surface area contributed by atoms with E-state index in [2.05, 4.69) is 5.32 Å². The Bertz CT molecular complexity index is 187. The van der Waals surface area contributed by atoms with Crippen LogP contribution in [-0.4, -0.2) is 36.0 Å². The zero-order chi connectivity index (χ0) is 8.72. The summed E-state index contributed by atoms with van der Waals surface area (Å²) in [5, 5.41) is 3.41. The zero-order valence-corrected chi connectivity index (χ0v) is 7.71. The molecule has 3 aliphatic heterocycles. The van der Waals surface area contributed by atoms with E-state index in [0.717, 1.165) is 13.1 Å². The molecule has 2 unspecified atom stereocenters. The van der Waals surface area contributed by atoms with Gasteiger partial charge in [0, 0.05) is 31.1 Å². The summed E-state index contributed by atoms with van der Waals surface area (Å²) in [6.45, 7) is 5.78. The van der Waals surface area contributed by atoms with Crippen LogP contribution in [0.4, 0.5) is 0 Å². The molecular weight excluding hydrogens is 152 g/mol. The minimum atomic E-state index is 0.155. The Morgan fingerprint density at radius 1 is 1.42 bits per heavy atom. The highest BCUT2D eigenvalue weighted by Gasteiger charge is 2.38. The van der Waals surface area contributed by atoms with E-state index >= 15 is 0 Å². The second kappa shape index (κ2) is 2.73. The topological polar surface area (TPSA) is 32.3 Å². The first-order valence-electron chi connectivity index (χ1n) is 4.71. The fourth-order valence-electron chi connectivity index (χ4n) is 2.06. The molecule has 0 aliphatic carbocycles. The van der Waals surface area contributed by atoms with Gasteiger partial charge in [-0.1, -0.05) is 13.8 Å². The van der Waals surface area contributed by atoms with E-state index in [9.17, 15) is 4.79 Å². The van der Waals surface area contributed by atoms with Crippen molar-refractivity contribution >= 4 is 5.91 Å². The predicted octanol–water partition coefficient (Wildman–Crippen LogP) is 0.215. The largest absolute Gasteiger partial charge is 0.339 e. The quantitative estimate of drug-likeness (QED) is 0.607. The SMILES string of the molecule is CC(C)C(=O)N1CC2CC(C1)N2. The molecule has 0 aromatic carbocycles. The zero-order valence-electron chi connectivity index (χ0n) is 7.71. The second-order valence-corrected chi connectivity index (χ2v) is 4.19. The van der Waals surface area contributed by atoms with Crippen LogP contribution in [-0.2, 0) is 4.79 Å².